The highest BCUT2D eigenvalue weighted by atomic mass is 16.5. The monoisotopic (exact) mass is 313 g/mol. The van der Waals surface area contributed by atoms with E-state index in [2.05, 4.69) is 0 Å². The van der Waals surface area contributed by atoms with Crippen molar-refractivity contribution in [2.75, 3.05) is 20.7 Å². The highest BCUT2D eigenvalue weighted by molar-refractivity contribution is 6.00. The van der Waals surface area contributed by atoms with E-state index >= 15 is 0 Å². The lowest BCUT2D eigenvalue weighted by Crippen LogP contribution is -2.63. The van der Waals surface area contributed by atoms with E-state index < -0.39 is 11.1 Å². The second kappa shape index (κ2) is 4.46. The summed E-state index contributed by atoms with van der Waals surface area (Å²) in [6.07, 6.45) is 6.53. The van der Waals surface area contributed by atoms with Gasteiger partial charge in [-0.3, -0.25) is 9.69 Å². The van der Waals surface area contributed by atoms with Crippen molar-refractivity contribution in [1.29, 1.82) is 0 Å². The van der Waals surface area contributed by atoms with Crippen LogP contribution in [-0.4, -0.2) is 47.3 Å². The van der Waals surface area contributed by atoms with Crippen molar-refractivity contribution in [1.82, 2.24) is 4.90 Å². The van der Waals surface area contributed by atoms with Crippen LogP contribution in [0.25, 0.3) is 6.08 Å². The Hall–Kier alpha value is -2.11. The van der Waals surface area contributed by atoms with Crippen LogP contribution < -0.4 is 4.74 Å². The number of hydrogen-bond donors (Lipinski definition) is 2. The molecule has 0 radical (unpaired) electrons. The topological polar surface area (TPSA) is 70.0 Å². The van der Waals surface area contributed by atoms with Crippen LogP contribution in [-0.2, 0) is 10.2 Å². The molecule has 5 heteroatoms. The van der Waals surface area contributed by atoms with Gasteiger partial charge in [-0.2, -0.15) is 0 Å². The second-order valence-corrected chi connectivity index (χ2v) is 6.66. The number of piperidine rings is 1. The molecule has 1 saturated heterocycles. The van der Waals surface area contributed by atoms with Gasteiger partial charge in [0, 0.05) is 18.4 Å². The minimum Gasteiger partial charge on any atom is -0.504 e. The maximum Gasteiger partial charge on any atom is 0.202 e. The molecule has 1 heterocycles. The summed E-state index contributed by atoms with van der Waals surface area (Å²) < 4.78 is 5.26. The summed E-state index contributed by atoms with van der Waals surface area (Å²) in [7, 11) is 3.30. The van der Waals surface area contributed by atoms with Gasteiger partial charge < -0.3 is 14.9 Å². The van der Waals surface area contributed by atoms with Crippen molar-refractivity contribution >= 4 is 11.9 Å². The Morgan fingerprint density at radius 2 is 2.09 bits per heavy atom. The number of phenolic OH excluding ortho intramolecular Hbond substituents is 1. The Morgan fingerprint density at radius 1 is 1.30 bits per heavy atom. The lowest BCUT2D eigenvalue weighted by Gasteiger charge is -2.54. The molecule has 0 amide bonds. The number of methoxy groups -OCH3 is 1. The fourth-order valence-corrected chi connectivity index (χ4v) is 4.18. The van der Waals surface area contributed by atoms with E-state index in [4.69, 9.17) is 4.74 Å². The number of carbonyl (C=O) groups excluding carboxylic acids is 1. The molecule has 0 aromatic heterocycles. The first kappa shape index (κ1) is 14.5. The number of rotatable bonds is 1. The van der Waals surface area contributed by atoms with Crippen LogP contribution in [0.5, 0.6) is 11.5 Å². The molecule has 5 nitrogen and oxygen atoms in total. The number of ketones is 1. The van der Waals surface area contributed by atoms with Gasteiger partial charge >= 0.3 is 0 Å². The smallest absolute Gasteiger partial charge is 0.202 e. The Labute approximate surface area is 134 Å². The number of allylic oxidation sites excluding steroid dienone is 2. The van der Waals surface area contributed by atoms with E-state index in [1.54, 1.807) is 24.1 Å². The van der Waals surface area contributed by atoms with Crippen LogP contribution in [0.15, 0.2) is 29.9 Å². The predicted octanol–water partition coefficient (Wildman–Crippen LogP) is 1.59. The number of benzene rings is 1. The highest BCUT2D eigenvalue weighted by Crippen LogP contribution is 2.54. The minimum atomic E-state index is -1.46. The number of phenols is 1. The summed E-state index contributed by atoms with van der Waals surface area (Å²) in [5.41, 5.74) is 0.956. The van der Waals surface area contributed by atoms with Gasteiger partial charge in [0.2, 0.25) is 5.78 Å². The van der Waals surface area contributed by atoms with Crippen molar-refractivity contribution < 1.29 is 19.7 Å². The second-order valence-electron chi connectivity index (χ2n) is 6.66. The molecule has 2 atom stereocenters. The summed E-state index contributed by atoms with van der Waals surface area (Å²) in [4.78, 5) is 14.1. The number of fused-ring (bicyclic) bond motifs is 2. The average Bonchev–Trinajstić information content (AvgIpc) is 2.53. The van der Waals surface area contributed by atoms with Gasteiger partial charge in [-0.15, -0.1) is 0 Å². The van der Waals surface area contributed by atoms with Gasteiger partial charge in [-0.25, -0.2) is 0 Å². The summed E-state index contributed by atoms with van der Waals surface area (Å²) in [6, 6.07) is 3.52. The third kappa shape index (κ3) is 1.72. The summed E-state index contributed by atoms with van der Waals surface area (Å²) >= 11 is 0. The van der Waals surface area contributed by atoms with Gasteiger partial charge in [0.15, 0.2) is 17.2 Å². The first-order valence-corrected chi connectivity index (χ1v) is 7.70. The average molecular weight is 313 g/mol. The third-order valence-electron chi connectivity index (χ3n) is 5.60. The molecule has 0 saturated carbocycles. The first-order valence-electron chi connectivity index (χ1n) is 7.70. The largest absolute Gasteiger partial charge is 0.504 e. The molecule has 2 N–H and O–H groups in total. The SMILES string of the molecule is COc1cc2c(cc1O)C=CC1=CC(=O)[C@]3(O)C[C@@]12CCN3C. The van der Waals surface area contributed by atoms with Crippen LogP contribution in [0.1, 0.15) is 24.0 Å². The maximum atomic E-state index is 12.4. The lowest BCUT2D eigenvalue weighted by atomic mass is 9.58. The number of aliphatic hydroxyl groups is 1. The molecule has 1 spiro atoms. The summed E-state index contributed by atoms with van der Waals surface area (Å²) in [6.45, 7) is 0.621. The van der Waals surface area contributed by atoms with Crippen molar-refractivity contribution in [3.63, 3.8) is 0 Å². The standard InChI is InChI=1S/C18H19NO4/c1-19-6-5-17-10-18(19,22)16(21)8-12(17)4-3-11-7-14(20)15(23-2)9-13(11)17/h3-4,7-9,20,22H,5-6,10H2,1-2H3/t17-,18+/m0/s1. The van der Waals surface area contributed by atoms with E-state index in [9.17, 15) is 15.0 Å². The Kier molecular flexibility index (Phi) is 2.81. The molecule has 1 aromatic carbocycles. The van der Waals surface area contributed by atoms with Crippen LogP contribution in [0.2, 0.25) is 0 Å². The third-order valence-corrected chi connectivity index (χ3v) is 5.60. The van der Waals surface area contributed by atoms with Gasteiger partial charge in [0.1, 0.15) is 0 Å². The number of carbonyl (C=O) groups is 1. The first-order chi connectivity index (χ1) is 10.9. The van der Waals surface area contributed by atoms with Crippen molar-refractivity contribution in [2.24, 2.45) is 0 Å². The van der Waals surface area contributed by atoms with Crippen molar-refractivity contribution in [3.05, 3.63) is 41.0 Å². The molecule has 23 heavy (non-hydrogen) atoms. The molecule has 2 aliphatic carbocycles. The molecular weight excluding hydrogens is 294 g/mol. The molecular formula is C18H19NO4. The molecule has 2 bridgehead atoms. The van der Waals surface area contributed by atoms with Crippen LogP contribution >= 0.6 is 0 Å². The van der Waals surface area contributed by atoms with Crippen molar-refractivity contribution in [3.8, 4) is 11.5 Å². The number of hydrogen-bond acceptors (Lipinski definition) is 5. The molecule has 1 aliphatic heterocycles. The quantitative estimate of drug-likeness (QED) is 0.824. The van der Waals surface area contributed by atoms with Crippen LogP contribution in [0.4, 0.5) is 0 Å². The summed E-state index contributed by atoms with van der Waals surface area (Å²) in [5, 5.41) is 20.9. The minimum absolute atomic E-state index is 0.0924. The fourth-order valence-electron chi connectivity index (χ4n) is 4.18. The molecule has 120 valence electrons. The molecule has 1 fully saturated rings. The Morgan fingerprint density at radius 3 is 2.83 bits per heavy atom. The normalized spacial score (nSPS) is 32.1. The van der Waals surface area contributed by atoms with Gasteiger partial charge in [0.05, 0.1) is 7.11 Å². The fraction of sp³-hybridized carbons (Fsp3) is 0.389. The number of likely N-dealkylation sites (tertiary alicyclic amines) is 1. The van der Waals surface area contributed by atoms with Crippen LogP contribution in [0.3, 0.4) is 0 Å². The zero-order chi connectivity index (χ0) is 16.4. The number of likely N-dealkylation sites (N-methyl/N-ethyl adjacent to an activating group) is 1. The Balaban J connectivity index is 1.98. The highest BCUT2D eigenvalue weighted by Gasteiger charge is 2.56. The number of ether oxygens (including phenoxy) is 1. The van der Waals surface area contributed by atoms with E-state index in [0.29, 0.717) is 18.7 Å². The van der Waals surface area contributed by atoms with E-state index in [1.807, 2.05) is 18.2 Å². The van der Waals surface area contributed by atoms with Gasteiger partial charge in [0.25, 0.3) is 0 Å². The van der Waals surface area contributed by atoms with E-state index in [-0.39, 0.29) is 11.5 Å². The predicted molar refractivity (Wildman–Crippen MR) is 85.3 cm³/mol. The molecule has 3 aliphatic rings. The lowest BCUT2D eigenvalue weighted by molar-refractivity contribution is -0.168. The van der Waals surface area contributed by atoms with Gasteiger partial charge in [-0.05, 0) is 48.4 Å². The number of aromatic hydroxyl groups is 1. The van der Waals surface area contributed by atoms with Crippen molar-refractivity contribution in [2.45, 2.75) is 24.0 Å². The maximum absolute atomic E-state index is 12.4. The molecule has 4 rings (SSSR count). The zero-order valence-corrected chi connectivity index (χ0v) is 13.2. The van der Waals surface area contributed by atoms with Gasteiger partial charge in [-0.1, -0.05) is 12.2 Å². The van der Waals surface area contributed by atoms with E-state index in [1.165, 1.54) is 7.11 Å². The number of nitrogens with zero attached hydrogens (tertiary/aromatic N) is 1. The summed E-state index contributed by atoms with van der Waals surface area (Å²) in [5.74, 6) is 0.242. The Bertz CT molecular complexity index is 781. The zero-order valence-electron chi connectivity index (χ0n) is 13.2. The van der Waals surface area contributed by atoms with E-state index in [0.717, 1.165) is 23.1 Å². The molecule has 1 aromatic rings. The molecule has 0 unspecified atom stereocenters. The van der Waals surface area contributed by atoms with Crippen LogP contribution in [0, 0.1) is 0 Å².